The van der Waals surface area contributed by atoms with Crippen LogP contribution < -0.4 is 0 Å². The average molecular weight is 595 g/mol. The van der Waals surface area contributed by atoms with E-state index in [-0.39, 0.29) is 64.4 Å². The van der Waals surface area contributed by atoms with Gasteiger partial charge in [0.2, 0.25) is 11.6 Å². The zero-order chi connectivity index (χ0) is 31.5. The van der Waals surface area contributed by atoms with Crippen molar-refractivity contribution in [3.63, 3.8) is 0 Å². The van der Waals surface area contributed by atoms with E-state index in [0.29, 0.717) is 29.9 Å². The van der Waals surface area contributed by atoms with Gasteiger partial charge in [-0.3, -0.25) is 29.0 Å². The van der Waals surface area contributed by atoms with Crippen LogP contribution >= 0.6 is 0 Å². The van der Waals surface area contributed by atoms with Gasteiger partial charge in [0.25, 0.3) is 0 Å². The monoisotopic (exact) mass is 594 g/mol. The summed E-state index contributed by atoms with van der Waals surface area (Å²) in [6.07, 6.45) is 1.06. The third-order valence-corrected chi connectivity index (χ3v) is 9.51. The van der Waals surface area contributed by atoms with Crippen molar-refractivity contribution in [1.82, 2.24) is 9.80 Å². The van der Waals surface area contributed by atoms with E-state index in [0.717, 1.165) is 0 Å². The van der Waals surface area contributed by atoms with Gasteiger partial charge in [-0.25, -0.2) is 4.79 Å². The van der Waals surface area contributed by atoms with Crippen molar-refractivity contribution in [1.29, 1.82) is 0 Å². The first kappa shape index (κ1) is 30.8. The van der Waals surface area contributed by atoms with Crippen molar-refractivity contribution >= 4 is 29.1 Å². The van der Waals surface area contributed by atoms with Gasteiger partial charge < -0.3 is 18.9 Å². The largest absolute Gasteiger partial charge is 0.492 e. The molecule has 3 heterocycles. The van der Waals surface area contributed by atoms with Crippen LogP contribution in [0.4, 0.5) is 0 Å². The molecular formula is C32H38N2O9. The molecule has 0 N–H and O–H groups in total. The molecule has 5 rings (SSSR count). The molecule has 0 amide bonds. The van der Waals surface area contributed by atoms with Crippen LogP contribution in [0.1, 0.15) is 41.0 Å². The number of rotatable bonds is 7. The van der Waals surface area contributed by atoms with E-state index in [1.807, 2.05) is 23.8 Å². The number of hydrogen-bond donors (Lipinski definition) is 0. The molecule has 230 valence electrons. The number of carbonyl (C=O) groups excluding carboxylic acids is 5. The van der Waals surface area contributed by atoms with Gasteiger partial charge in [-0.05, 0) is 48.1 Å². The van der Waals surface area contributed by atoms with E-state index >= 15 is 0 Å². The standard InChI is InChI=1S/C32H38N2O9/c1-9-14(3)32(39)43-13-20-21-17(25(35)15(4)29(40-7)27(21)37)11-18-24-22-23(26(36)16(5)30(41-8)28(22)38)31(42-10-2)19(33(24)6)12-34(18)20/h9,18-20,24,31H,10-13H2,1-8H3/b14-9-/t18-,19+,20-,24+,31+/m0/s1. The Kier molecular flexibility index (Phi) is 8.19. The summed E-state index contributed by atoms with van der Waals surface area (Å²) in [5.74, 6) is -2.03. The Hall–Kier alpha value is -3.67. The van der Waals surface area contributed by atoms with Gasteiger partial charge in [0.15, 0.2) is 23.1 Å². The van der Waals surface area contributed by atoms with Crippen molar-refractivity contribution in [2.24, 2.45) is 0 Å². The van der Waals surface area contributed by atoms with Crippen molar-refractivity contribution < 1.29 is 42.9 Å². The number of likely N-dealkylation sites (N-methyl/N-ethyl adjacent to an activating group) is 1. The molecular weight excluding hydrogens is 556 g/mol. The maximum absolute atomic E-state index is 14.0. The Labute approximate surface area is 250 Å². The Bertz CT molecular complexity index is 1490. The number of ether oxygens (including phenoxy) is 4. The smallest absolute Gasteiger partial charge is 0.333 e. The van der Waals surface area contributed by atoms with Crippen LogP contribution in [0.3, 0.4) is 0 Å². The Balaban J connectivity index is 1.69. The number of carbonyl (C=O) groups is 5. The zero-order valence-electron chi connectivity index (χ0n) is 25.9. The lowest BCUT2D eigenvalue weighted by molar-refractivity contribution is -0.144. The molecule has 11 heteroatoms. The summed E-state index contributed by atoms with van der Waals surface area (Å²) in [6, 6.07) is -2.30. The van der Waals surface area contributed by atoms with E-state index < -0.39 is 41.8 Å². The Morgan fingerprint density at radius 1 is 0.907 bits per heavy atom. The number of nitrogens with zero attached hydrogens (tertiary/aromatic N) is 2. The maximum Gasteiger partial charge on any atom is 0.333 e. The van der Waals surface area contributed by atoms with E-state index in [2.05, 4.69) is 0 Å². The highest BCUT2D eigenvalue weighted by Gasteiger charge is 2.59. The molecule has 11 nitrogen and oxygen atoms in total. The third-order valence-electron chi connectivity index (χ3n) is 9.51. The van der Waals surface area contributed by atoms with Gasteiger partial charge >= 0.3 is 5.97 Å². The maximum atomic E-state index is 14.0. The van der Waals surface area contributed by atoms with E-state index in [1.165, 1.54) is 14.2 Å². The number of hydrogen-bond acceptors (Lipinski definition) is 11. The molecule has 0 aromatic carbocycles. The van der Waals surface area contributed by atoms with Crippen molar-refractivity contribution in [3.8, 4) is 0 Å². The fraction of sp³-hybridized carbons (Fsp3) is 0.531. The van der Waals surface area contributed by atoms with Crippen molar-refractivity contribution in [2.45, 2.75) is 71.3 Å². The lowest BCUT2D eigenvalue weighted by atomic mass is 9.68. The predicted molar refractivity (Wildman–Crippen MR) is 154 cm³/mol. The van der Waals surface area contributed by atoms with Gasteiger partial charge in [0, 0.05) is 58.2 Å². The van der Waals surface area contributed by atoms with Crippen LogP contribution in [-0.2, 0) is 42.9 Å². The molecule has 0 unspecified atom stereocenters. The van der Waals surface area contributed by atoms with Crippen LogP contribution in [0.2, 0.25) is 0 Å². The summed E-state index contributed by atoms with van der Waals surface area (Å²) >= 11 is 0. The first-order valence-electron chi connectivity index (χ1n) is 14.5. The van der Waals surface area contributed by atoms with Crippen LogP contribution in [0.25, 0.3) is 0 Å². The first-order chi connectivity index (χ1) is 20.4. The number of esters is 1. The fourth-order valence-corrected chi connectivity index (χ4v) is 7.29. The van der Waals surface area contributed by atoms with Gasteiger partial charge in [-0.1, -0.05) is 6.08 Å². The van der Waals surface area contributed by atoms with E-state index in [1.54, 1.807) is 33.8 Å². The highest BCUT2D eigenvalue weighted by atomic mass is 16.5. The second-order valence-electron chi connectivity index (χ2n) is 11.5. The second kappa shape index (κ2) is 11.4. The number of fused-ring (bicyclic) bond motifs is 5. The number of piperazine rings is 1. The molecule has 2 aliphatic carbocycles. The minimum atomic E-state index is -0.797. The molecule has 0 spiro atoms. The normalized spacial score (nSPS) is 30.0. The molecule has 3 aliphatic heterocycles. The van der Waals surface area contributed by atoms with E-state index in [4.69, 9.17) is 18.9 Å². The molecule has 43 heavy (non-hydrogen) atoms. The SMILES string of the molecule is C/C=C(/C)C(=O)OC[C@H]1C2=C(C[C@H]3[C@@H]4C5=C(C(=O)C(C)=C(OC)C5=O)[C@H](OCC)[C@@H](CN13)N4C)C(=O)C(C)=C(OC)C2=O. The molecule has 1 saturated heterocycles. The zero-order valence-corrected chi connectivity index (χ0v) is 25.9. The van der Waals surface area contributed by atoms with Crippen LogP contribution in [0, 0.1) is 0 Å². The molecule has 5 atom stereocenters. The lowest BCUT2D eigenvalue weighted by Gasteiger charge is -2.59. The molecule has 0 aromatic rings. The number of Topliss-reactive ketones (excluding diaryl/α,β-unsaturated/α-hetero) is 4. The Morgan fingerprint density at radius 3 is 2.09 bits per heavy atom. The number of methoxy groups -OCH3 is 2. The minimum absolute atomic E-state index is 0.0153. The summed E-state index contributed by atoms with van der Waals surface area (Å²) < 4.78 is 22.7. The summed E-state index contributed by atoms with van der Waals surface area (Å²) in [4.78, 5) is 72.2. The summed E-state index contributed by atoms with van der Waals surface area (Å²) in [7, 11) is 4.59. The van der Waals surface area contributed by atoms with Crippen molar-refractivity contribution in [2.75, 3.05) is 41.0 Å². The molecule has 2 bridgehead atoms. The summed E-state index contributed by atoms with van der Waals surface area (Å²) in [5, 5.41) is 0. The summed E-state index contributed by atoms with van der Waals surface area (Å²) in [5.41, 5.74) is 1.99. The first-order valence-corrected chi connectivity index (χ1v) is 14.5. The molecule has 0 aromatic heterocycles. The minimum Gasteiger partial charge on any atom is -0.492 e. The number of ketones is 4. The predicted octanol–water partition coefficient (Wildman–Crippen LogP) is 1.78. The van der Waals surface area contributed by atoms with Gasteiger partial charge in [-0.2, -0.15) is 0 Å². The van der Waals surface area contributed by atoms with Gasteiger partial charge in [-0.15, -0.1) is 0 Å². The highest BCUT2D eigenvalue weighted by Crippen LogP contribution is 2.47. The average Bonchev–Trinajstić information content (AvgIpc) is 2.98. The van der Waals surface area contributed by atoms with Crippen LogP contribution in [0.15, 0.2) is 56.6 Å². The second-order valence-corrected chi connectivity index (χ2v) is 11.5. The molecule has 0 radical (unpaired) electrons. The number of allylic oxidation sites excluding steroid dienone is 5. The van der Waals surface area contributed by atoms with Crippen LogP contribution in [0.5, 0.6) is 0 Å². The topological polar surface area (TPSA) is 129 Å². The lowest BCUT2D eigenvalue weighted by Crippen LogP contribution is -2.73. The Morgan fingerprint density at radius 2 is 1.51 bits per heavy atom. The van der Waals surface area contributed by atoms with Gasteiger partial charge in [0.05, 0.1) is 32.3 Å². The summed E-state index contributed by atoms with van der Waals surface area (Å²) in [6.45, 7) is 8.75. The highest BCUT2D eigenvalue weighted by molar-refractivity contribution is 6.26. The molecule has 5 aliphatic rings. The van der Waals surface area contributed by atoms with Crippen LogP contribution in [-0.4, -0.2) is 110 Å². The van der Waals surface area contributed by atoms with Crippen molar-refractivity contribution in [3.05, 3.63) is 56.6 Å². The van der Waals surface area contributed by atoms with E-state index in [9.17, 15) is 24.0 Å². The molecule has 1 fully saturated rings. The molecule has 0 saturated carbocycles. The fourth-order valence-electron chi connectivity index (χ4n) is 7.29. The third kappa shape index (κ3) is 4.47. The van der Waals surface area contributed by atoms with Gasteiger partial charge in [0.1, 0.15) is 12.7 Å². The quantitative estimate of drug-likeness (QED) is 0.243.